The molecule has 1 aliphatic heterocycles. The molecule has 1 aromatic carbocycles. The molecule has 2 N–H and O–H groups in total. The third kappa shape index (κ3) is 2.97. The molecule has 5 heteroatoms. The number of furan rings is 1. The second-order valence-corrected chi connectivity index (χ2v) is 6.50. The molecule has 0 spiro atoms. The molecule has 2 bridgehead atoms. The van der Waals surface area contributed by atoms with E-state index >= 15 is 0 Å². The SMILES string of the molecule is Cc1coc(Oc2ccc(C(=O)NC3CC4CNC3C4)cc2)c1. The van der Waals surface area contributed by atoms with Crippen molar-refractivity contribution in [2.75, 3.05) is 6.54 Å². The van der Waals surface area contributed by atoms with E-state index in [1.54, 1.807) is 30.5 Å². The van der Waals surface area contributed by atoms with Crippen LogP contribution in [0.1, 0.15) is 28.8 Å². The number of ether oxygens (including phenoxy) is 1. The molecular weight excluding hydrogens is 292 g/mol. The average Bonchev–Trinajstić information content (AvgIpc) is 3.25. The fourth-order valence-corrected chi connectivity index (χ4v) is 3.51. The van der Waals surface area contributed by atoms with E-state index in [-0.39, 0.29) is 11.9 Å². The zero-order valence-corrected chi connectivity index (χ0v) is 13.0. The predicted molar refractivity (Wildman–Crippen MR) is 85.7 cm³/mol. The Morgan fingerprint density at radius 2 is 2.13 bits per heavy atom. The molecule has 120 valence electrons. The number of amides is 1. The number of fused-ring (bicyclic) bond motifs is 2. The van der Waals surface area contributed by atoms with Crippen LogP contribution in [-0.2, 0) is 0 Å². The van der Waals surface area contributed by atoms with Crippen molar-refractivity contribution < 1.29 is 13.9 Å². The predicted octanol–water partition coefficient (Wildman–Crippen LogP) is 2.86. The van der Waals surface area contributed by atoms with Gasteiger partial charge in [-0.05, 0) is 62.1 Å². The largest absolute Gasteiger partial charge is 0.434 e. The molecule has 23 heavy (non-hydrogen) atoms. The van der Waals surface area contributed by atoms with Gasteiger partial charge in [-0.3, -0.25) is 4.79 Å². The van der Waals surface area contributed by atoms with Gasteiger partial charge in [0.15, 0.2) is 0 Å². The maximum atomic E-state index is 12.4. The number of rotatable bonds is 4. The van der Waals surface area contributed by atoms with E-state index in [0.717, 1.165) is 24.4 Å². The van der Waals surface area contributed by atoms with Crippen LogP contribution >= 0.6 is 0 Å². The van der Waals surface area contributed by atoms with Crippen LogP contribution in [0.3, 0.4) is 0 Å². The Hall–Kier alpha value is -2.27. The van der Waals surface area contributed by atoms with E-state index in [1.807, 2.05) is 13.0 Å². The topological polar surface area (TPSA) is 63.5 Å². The van der Waals surface area contributed by atoms with Gasteiger partial charge in [0.1, 0.15) is 5.75 Å². The van der Waals surface area contributed by atoms with Crippen molar-refractivity contribution >= 4 is 5.91 Å². The Morgan fingerprint density at radius 1 is 1.30 bits per heavy atom. The van der Waals surface area contributed by atoms with Crippen LogP contribution in [0.15, 0.2) is 41.0 Å². The number of carbonyl (C=O) groups is 1. The van der Waals surface area contributed by atoms with E-state index in [4.69, 9.17) is 9.15 Å². The van der Waals surface area contributed by atoms with Gasteiger partial charge in [0, 0.05) is 23.7 Å². The summed E-state index contributed by atoms with van der Waals surface area (Å²) < 4.78 is 10.9. The van der Waals surface area contributed by atoms with Crippen molar-refractivity contribution in [3.8, 4) is 11.7 Å². The summed E-state index contributed by atoms with van der Waals surface area (Å²) in [7, 11) is 0. The molecule has 2 aliphatic rings. The van der Waals surface area contributed by atoms with Gasteiger partial charge in [-0.2, -0.15) is 0 Å². The molecule has 2 aromatic rings. The number of benzene rings is 1. The molecule has 3 atom stereocenters. The van der Waals surface area contributed by atoms with E-state index in [2.05, 4.69) is 10.6 Å². The lowest BCUT2D eigenvalue weighted by molar-refractivity contribution is 0.0928. The summed E-state index contributed by atoms with van der Waals surface area (Å²) in [6, 6.07) is 9.64. The monoisotopic (exact) mass is 312 g/mol. The van der Waals surface area contributed by atoms with Gasteiger partial charge in [0.05, 0.1) is 6.26 Å². The van der Waals surface area contributed by atoms with E-state index in [1.165, 1.54) is 6.42 Å². The highest BCUT2D eigenvalue weighted by molar-refractivity contribution is 5.94. The summed E-state index contributed by atoms with van der Waals surface area (Å²) in [6.45, 7) is 3.03. The van der Waals surface area contributed by atoms with Crippen molar-refractivity contribution in [3.63, 3.8) is 0 Å². The minimum absolute atomic E-state index is 0.0234. The Bertz CT molecular complexity index is 707. The van der Waals surface area contributed by atoms with Crippen molar-refractivity contribution in [1.29, 1.82) is 0 Å². The number of piperidine rings is 1. The second-order valence-electron chi connectivity index (χ2n) is 6.50. The number of carbonyl (C=O) groups excluding carboxylic acids is 1. The third-order valence-electron chi connectivity index (χ3n) is 4.69. The number of hydrogen-bond donors (Lipinski definition) is 2. The summed E-state index contributed by atoms with van der Waals surface area (Å²) >= 11 is 0. The van der Waals surface area contributed by atoms with E-state index < -0.39 is 0 Å². The maximum Gasteiger partial charge on any atom is 0.290 e. The first-order valence-electron chi connectivity index (χ1n) is 8.05. The van der Waals surface area contributed by atoms with Crippen LogP contribution in [0, 0.1) is 12.8 Å². The fraction of sp³-hybridized carbons (Fsp3) is 0.389. The zero-order chi connectivity index (χ0) is 15.8. The quantitative estimate of drug-likeness (QED) is 0.911. The summed E-state index contributed by atoms with van der Waals surface area (Å²) in [4.78, 5) is 12.4. The van der Waals surface area contributed by atoms with Crippen molar-refractivity contribution in [2.24, 2.45) is 5.92 Å². The van der Waals surface area contributed by atoms with Gasteiger partial charge in [-0.1, -0.05) is 0 Å². The van der Waals surface area contributed by atoms with Crippen LogP contribution in [0.4, 0.5) is 0 Å². The molecule has 1 aliphatic carbocycles. The highest BCUT2D eigenvalue weighted by Gasteiger charge is 2.39. The maximum absolute atomic E-state index is 12.4. The van der Waals surface area contributed by atoms with Gasteiger partial charge in [0.2, 0.25) is 0 Å². The lowest BCUT2D eigenvalue weighted by Gasteiger charge is -2.24. The van der Waals surface area contributed by atoms with Crippen LogP contribution < -0.4 is 15.4 Å². The lowest BCUT2D eigenvalue weighted by atomic mass is 10.1. The minimum Gasteiger partial charge on any atom is -0.434 e. The smallest absolute Gasteiger partial charge is 0.290 e. The molecule has 3 unspecified atom stereocenters. The van der Waals surface area contributed by atoms with E-state index in [0.29, 0.717) is 23.3 Å². The van der Waals surface area contributed by atoms with Crippen LogP contribution in [0.2, 0.25) is 0 Å². The first-order valence-corrected chi connectivity index (χ1v) is 8.05. The van der Waals surface area contributed by atoms with Gasteiger partial charge < -0.3 is 19.8 Å². The molecular formula is C18H20N2O3. The minimum atomic E-state index is -0.0234. The Labute approximate surface area is 135 Å². The summed E-state index contributed by atoms with van der Waals surface area (Å²) in [5.41, 5.74) is 1.66. The molecule has 1 saturated heterocycles. The molecule has 5 nitrogen and oxygen atoms in total. The normalized spacial score (nSPS) is 25.5. The highest BCUT2D eigenvalue weighted by Crippen LogP contribution is 2.31. The van der Waals surface area contributed by atoms with Crippen molar-refractivity contribution in [1.82, 2.24) is 10.6 Å². The van der Waals surface area contributed by atoms with E-state index in [9.17, 15) is 4.79 Å². The Balaban J connectivity index is 1.38. The summed E-state index contributed by atoms with van der Waals surface area (Å²) in [6.07, 6.45) is 3.91. The molecule has 0 radical (unpaired) electrons. The first-order chi connectivity index (χ1) is 11.2. The van der Waals surface area contributed by atoms with Crippen LogP contribution in [0.25, 0.3) is 0 Å². The zero-order valence-electron chi connectivity index (χ0n) is 13.0. The highest BCUT2D eigenvalue weighted by atomic mass is 16.6. The number of hydrogen-bond acceptors (Lipinski definition) is 4. The van der Waals surface area contributed by atoms with Gasteiger partial charge >= 0.3 is 0 Å². The van der Waals surface area contributed by atoms with Crippen LogP contribution in [0.5, 0.6) is 11.7 Å². The van der Waals surface area contributed by atoms with Crippen LogP contribution in [-0.4, -0.2) is 24.5 Å². The van der Waals surface area contributed by atoms with Crippen molar-refractivity contribution in [2.45, 2.75) is 31.8 Å². The number of aryl methyl sites for hydroxylation is 1. The molecule has 4 rings (SSSR count). The lowest BCUT2D eigenvalue weighted by Crippen LogP contribution is -2.47. The summed E-state index contributed by atoms with van der Waals surface area (Å²) in [5.74, 6) is 1.80. The van der Waals surface area contributed by atoms with Gasteiger partial charge in [0.25, 0.3) is 11.9 Å². The Morgan fingerprint density at radius 3 is 2.74 bits per heavy atom. The molecule has 2 heterocycles. The second kappa shape index (κ2) is 5.74. The average molecular weight is 312 g/mol. The van der Waals surface area contributed by atoms with Gasteiger partial charge in [-0.25, -0.2) is 0 Å². The van der Waals surface area contributed by atoms with Crippen molar-refractivity contribution in [3.05, 3.63) is 47.7 Å². The molecule has 2 fully saturated rings. The molecule has 1 amide bonds. The first kappa shape index (κ1) is 14.3. The Kier molecular flexibility index (Phi) is 3.58. The van der Waals surface area contributed by atoms with Gasteiger partial charge in [-0.15, -0.1) is 0 Å². The molecule has 1 aromatic heterocycles. The third-order valence-corrected chi connectivity index (χ3v) is 4.69. The standard InChI is InChI=1S/C18H20N2O3/c1-11-6-17(22-10-11)23-14-4-2-13(3-5-14)18(21)20-16-8-12-7-15(16)19-9-12/h2-6,10,12,15-16,19H,7-9H2,1H3,(H,20,21). The fourth-order valence-electron chi connectivity index (χ4n) is 3.51. The number of nitrogens with one attached hydrogen (secondary N) is 2. The molecule has 1 saturated carbocycles. The summed E-state index contributed by atoms with van der Waals surface area (Å²) in [5, 5.41) is 6.59.